The summed E-state index contributed by atoms with van der Waals surface area (Å²) < 4.78 is 18.8. The Morgan fingerprint density at radius 1 is 1.43 bits per heavy atom. The molecule has 1 heterocycles. The first kappa shape index (κ1) is 16.2. The Bertz CT molecular complexity index is 476. The smallest absolute Gasteiger partial charge is 0.165 e. The fourth-order valence-electron chi connectivity index (χ4n) is 3.06. The van der Waals surface area contributed by atoms with Gasteiger partial charge in [-0.2, -0.15) is 0 Å². The van der Waals surface area contributed by atoms with E-state index in [0.29, 0.717) is 11.8 Å². The fraction of sp³-hybridized carbons (Fsp3) is 0.647. The van der Waals surface area contributed by atoms with Crippen molar-refractivity contribution in [3.63, 3.8) is 0 Å². The van der Waals surface area contributed by atoms with Crippen molar-refractivity contribution < 1.29 is 9.13 Å². The van der Waals surface area contributed by atoms with Crippen LogP contribution in [0.4, 0.5) is 4.39 Å². The number of benzene rings is 1. The number of rotatable bonds is 5. The minimum absolute atomic E-state index is 0.106. The molecule has 0 spiro atoms. The molecule has 1 aromatic carbocycles. The van der Waals surface area contributed by atoms with Crippen molar-refractivity contribution >= 4 is 0 Å². The maximum absolute atomic E-state index is 13.8. The van der Waals surface area contributed by atoms with E-state index in [1.807, 2.05) is 6.07 Å². The highest BCUT2D eigenvalue weighted by Crippen LogP contribution is 2.23. The lowest BCUT2D eigenvalue weighted by molar-refractivity contribution is 0.0826. The molecule has 3 nitrogen and oxygen atoms in total. The van der Waals surface area contributed by atoms with Crippen LogP contribution in [0.3, 0.4) is 0 Å². The third-order valence-corrected chi connectivity index (χ3v) is 4.15. The average molecular weight is 294 g/mol. The molecular formula is C17H27FN2O. The Labute approximate surface area is 127 Å². The molecule has 1 aliphatic rings. The molecule has 1 aliphatic heterocycles. The van der Waals surface area contributed by atoms with Crippen molar-refractivity contribution in [3.05, 3.63) is 29.6 Å². The van der Waals surface area contributed by atoms with Crippen molar-refractivity contribution in [2.24, 2.45) is 0 Å². The van der Waals surface area contributed by atoms with E-state index in [2.05, 4.69) is 31.0 Å². The van der Waals surface area contributed by atoms with Crippen molar-refractivity contribution in [2.75, 3.05) is 20.2 Å². The van der Waals surface area contributed by atoms with Crippen LogP contribution in [0.5, 0.6) is 5.75 Å². The molecule has 1 atom stereocenters. The van der Waals surface area contributed by atoms with Gasteiger partial charge in [-0.15, -0.1) is 0 Å². The maximum atomic E-state index is 13.8. The lowest BCUT2D eigenvalue weighted by Crippen LogP contribution is -2.61. The monoisotopic (exact) mass is 294 g/mol. The first-order valence-corrected chi connectivity index (χ1v) is 7.76. The summed E-state index contributed by atoms with van der Waals surface area (Å²) in [5.74, 6) is 0.0286. The first-order chi connectivity index (χ1) is 9.95. The number of nitrogens with one attached hydrogen (secondary N) is 1. The molecule has 1 N–H and O–H groups in total. The Kier molecular flexibility index (Phi) is 5.22. The number of hydrogen-bond donors (Lipinski definition) is 1. The Morgan fingerprint density at radius 3 is 2.81 bits per heavy atom. The highest BCUT2D eigenvalue weighted by Gasteiger charge is 2.31. The molecule has 1 unspecified atom stereocenters. The van der Waals surface area contributed by atoms with Gasteiger partial charge in [-0.05, 0) is 38.0 Å². The van der Waals surface area contributed by atoms with Gasteiger partial charge in [0.15, 0.2) is 11.6 Å². The summed E-state index contributed by atoms with van der Waals surface area (Å²) in [6.45, 7) is 9.42. The SMILES string of the molecule is CCCC1CNC(C)(C)CN1Cc1ccc(OC)c(F)c1. The average Bonchev–Trinajstić information content (AvgIpc) is 2.42. The zero-order valence-corrected chi connectivity index (χ0v) is 13.6. The lowest BCUT2D eigenvalue weighted by Gasteiger charge is -2.44. The molecule has 1 saturated heterocycles. The van der Waals surface area contributed by atoms with E-state index in [9.17, 15) is 4.39 Å². The molecular weight excluding hydrogens is 267 g/mol. The minimum Gasteiger partial charge on any atom is -0.494 e. The van der Waals surface area contributed by atoms with Gasteiger partial charge >= 0.3 is 0 Å². The number of nitrogens with zero attached hydrogens (tertiary/aromatic N) is 1. The maximum Gasteiger partial charge on any atom is 0.165 e. The number of halogens is 1. The number of ether oxygens (including phenoxy) is 1. The summed E-state index contributed by atoms with van der Waals surface area (Å²) in [4.78, 5) is 2.47. The summed E-state index contributed by atoms with van der Waals surface area (Å²) in [7, 11) is 1.49. The van der Waals surface area contributed by atoms with Crippen LogP contribution in [0, 0.1) is 5.82 Å². The molecule has 0 amide bonds. The van der Waals surface area contributed by atoms with Crippen molar-refractivity contribution in [1.82, 2.24) is 10.2 Å². The summed E-state index contributed by atoms with van der Waals surface area (Å²) in [5.41, 5.74) is 1.11. The van der Waals surface area contributed by atoms with E-state index in [0.717, 1.165) is 25.2 Å². The van der Waals surface area contributed by atoms with Gasteiger partial charge in [-0.1, -0.05) is 19.4 Å². The topological polar surface area (TPSA) is 24.5 Å². The van der Waals surface area contributed by atoms with Crippen molar-refractivity contribution in [1.29, 1.82) is 0 Å². The van der Waals surface area contributed by atoms with Gasteiger partial charge in [-0.3, -0.25) is 4.90 Å². The summed E-state index contributed by atoms with van der Waals surface area (Å²) in [6, 6.07) is 5.79. The fourth-order valence-corrected chi connectivity index (χ4v) is 3.06. The van der Waals surface area contributed by atoms with E-state index < -0.39 is 0 Å². The highest BCUT2D eigenvalue weighted by molar-refractivity contribution is 5.29. The van der Waals surface area contributed by atoms with E-state index in [-0.39, 0.29) is 11.4 Å². The van der Waals surface area contributed by atoms with E-state index in [1.165, 1.54) is 20.0 Å². The minimum atomic E-state index is -0.281. The summed E-state index contributed by atoms with van der Waals surface area (Å²) >= 11 is 0. The van der Waals surface area contributed by atoms with Crippen LogP contribution >= 0.6 is 0 Å². The Balaban J connectivity index is 2.12. The summed E-state index contributed by atoms with van der Waals surface area (Å²) in [5, 5.41) is 3.60. The van der Waals surface area contributed by atoms with Gasteiger partial charge in [-0.25, -0.2) is 4.39 Å². The third kappa shape index (κ3) is 4.17. The molecule has 0 aliphatic carbocycles. The standard InChI is InChI=1S/C17H27FN2O/c1-5-6-14-10-19-17(2,3)12-20(14)11-13-7-8-16(21-4)15(18)9-13/h7-9,14,19H,5-6,10-12H2,1-4H3. The van der Waals surface area contributed by atoms with Crippen LogP contribution in [-0.2, 0) is 6.54 Å². The quantitative estimate of drug-likeness (QED) is 0.902. The molecule has 1 aromatic rings. The number of piperazine rings is 1. The lowest BCUT2D eigenvalue weighted by atomic mass is 9.96. The molecule has 1 fully saturated rings. The number of methoxy groups -OCH3 is 1. The molecule has 0 bridgehead atoms. The molecule has 0 radical (unpaired) electrons. The van der Waals surface area contributed by atoms with E-state index in [4.69, 9.17) is 4.74 Å². The molecule has 4 heteroatoms. The normalized spacial score (nSPS) is 22.2. The Hall–Kier alpha value is -1.13. The second-order valence-electron chi connectivity index (χ2n) is 6.58. The second kappa shape index (κ2) is 6.75. The largest absolute Gasteiger partial charge is 0.494 e. The highest BCUT2D eigenvalue weighted by atomic mass is 19.1. The van der Waals surface area contributed by atoms with Crippen LogP contribution in [-0.4, -0.2) is 36.7 Å². The molecule has 2 rings (SSSR count). The predicted octanol–water partition coefficient (Wildman–Crippen LogP) is 3.19. The molecule has 0 aromatic heterocycles. The zero-order chi connectivity index (χ0) is 15.5. The van der Waals surface area contributed by atoms with Gasteiger partial charge in [0.2, 0.25) is 0 Å². The van der Waals surface area contributed by atoms with Gasteiger partial charge < -0.3 is 10.1 Å². The van der Waals surface area contributed by atoms with Crippen LogP contribution in [0.15, 0.2) is 18.2 Å². The van der Waals surface area contributed by atoms with E-state index >= 15 is 0 Å². The van der Waals surface area contributed by atoms with Crippen LogP contribution in [0.2, 0.25) is 0 Å². The van der Waals surface area contributed by atoms with Gasteiger partial charge in [0.1, 0.15) is 0 Å². The van der Waals surface area contributed by atoms with Gasteiger partial charge in [0.25, 0.3) is 0 Å². The second-order valence-corrected chi connectivity index (χ2v) is 6.58. The van der Waals surface area contributed by atoms with Crippen LogP contribution in [0.25, 0.3) is 0 Å². The predicted molar refractivity (Wildman–Crippen MR) is 84.1 cm³/mol. The first-order valence-electron chi connectivity index (χ1n) is 7.76. The third-order valence-electron chi connectivity index (χ3n) is 4.15. The molecule has 21 heavy (non-hydrogen) atoms. The van der Waals surface area contributed by atoms with Gasteiger partial charge in [0.05, 0.1) is 7.11 Å². The molecule has 0 saturated carbocycles. The molecule has 118 valence electrons. The van der Waals surface area contributed by atoms with Crippen molar-refractivity contribution in [2.45, 2.75) is 51.7 Å². The zero-order valence-electron chi connectivity index (χ0n) is 13.6. The van der Waals surface area contributed by atoms with Crippen LogP contribution < -0.4 is 10.1 Å². The van der Waals surface area contributed by atoms with E-state index in [1.54, 1.807) is 12.1 Å². The van der Waals surface area contributed by atoms with Gasteiger partial charge in [0, 0.05) is 31.2 Å². The Morgan fingerprint density at radius 2 is 2.19 bits per heavy atom. The summed E-state index contributed by atoms with van der Waals surface area (Å²) in [6.07, 6.45) is 2.34. The number of hydrogen-bond acceptors (Lipinski definition) is 3. The van der Waals surface area contributed by atoms with Crippen LogP contribution in [0.1, 0.15) is 39.2 Å². The van der Waals surface area contributed by atoms with Crippen molar-refractivity contribution in [3.8, 4) is 5.75 Å².